The normalized spacial score (nSPS) is 12.2. The number of nitrogens with zero attached hydrogens (tertiary/aromatic N) is 1. The minimum Gasteiger partial charge on any atom is -0.456 e. The summed E-state index contributed by atoms with van der Waals surface area (Å²) in [6.45, 7) is 15.0. The second kappa shape index (κ2) is 19.8. The Balaban J connectivity index is 1.16. The Labute approximate surface area is 427 Å². The van der Waals surface area contributed by atoms with Gasteiger partial charge in [0.25, 0.3) is 30.4 Å². The quantitative estimate of drug-likeness (QED) is 0.0442. The van der Waals surface area contributed by atoms with E-state index in [9.17, 15) is 48.5 Å². The van der Waals surface area contributed by atoms with Crippen molar-refractivity contribution < 1.29 is 52.9 Å². The molecule has 74 heavy (non-hydrogen) atoms. The topological polar surface area (TPSA) is 283 Å². The van der Waals surface area contributed by atoms with Gasteiger partial charge in [0.05, 0.1) is 20.8 Å². The lowest BCUT2D eigenvalue weighted by Gasteiger charge is -2.22. The molecule has 0 radical (unpaired) electrons. The number of urea groups is 2. The van der Waals surface area contributed by atoms with Crippen LogP contribution in [0.25, 0.3) is 33.4 Å². The summed E-state index contributed by atoms with van der Waals surface area (Å²) >= 11 is 0. The molecule has 0 aromatic heterocycles. The van der Waals surface area contributed by atoms with Gasteiger partial charge in [-0.25, -0.2) is 14.6 Å². The molecule has 4 amide bonds. The van der Waals surface area contributed by atoms with Gasteiger partial charge in [0.15, 0.2) is 0 Å². The largest absolute Gasteiger partial charge is 0.456 e. The zero-order chi connectivity index (χ0) is 53.8. The number of carbonyl (C=O) groups excluding carboxylic acids is 2. The van der Waals surface area contributed by atoms with Crippen molar-refractivity contribution >= 4 is 93.2 Å². The van der Waals surface area contributed by atoms with E-state index >= 15 is 0 Å². The van der Waals surface area contributed by atoms with Gasteiger partial charge in [-0.3, -0.25) is 13.7 Å². The zero-order valence-corrected chi connectivity index (χ0v) is 43.5. The fourth-order valence-corrected chi connectivity index (χ4v) is 10.5. The van der Waals surface area contributed by atoms with E-state index in [0.29, 0.717) is 67.3 Å². The van der Waals surface area contributed by atoms with E-state index in [1.54, 1.807) is 42.5 Å². The van der Waals surface area contributed by atoms with Crippen molar-refractivity contribution in [3.63, 3.8) is 0 Å². The van der Waals surface area contributed by atoms with E-state index in [2.05, 4.69) is 26.6 Å². The standard InChI is InChI=1S/C53H50N6O12S3/c1-27-31(5)50(58-52(60)56-35-13-19-39(20-14-35)72(62,63)64)32(6)28(2)48(27)54-37-17-23-41-44(25-37)71-45-26-38(18-24-42(45)47(41)43-11-9-10-12-46(43)74(68,69)70)55-49-29(3)33(7)51(34(8)30(49)4)59-53(61)57-36-15-21-40(22-16-36)73(65,66)67/h9-26,54H,1-8H3,(H2,56,58,60)(H2,57,59,61)(H,62,63,64)(H,65,66,67)(H,68,69,70). The number of hydrogen-bond acceptors (Lipinski definition) is 11. The van der Waals surface area contributed by atoms with Crippen LogP contribution >= 0.6 is 0 Å². The molecule has 1 aliphatic carbocycles. The van der Waals surface area contributed by atoms with Gasteiger partial charge in [-0.15, -0.1) is 0 Å². The van der Waals surface area contributed by atoms with Crippen LogP contribution in [0.5, 0.6) is 0 Å². The summed E-state index contributed by atoms with van der Waals surface area (Å²) in [5.41, 5.74) is 11.5. The average molecular weight is 1060 g/mol. The molecular formula is C53H50N6O12S3. The van der Waals surface area contributed by atoms with Gasteiger partial charge in [-0.2, -0.15) is 25.3 Å². The molecule has 21 heteroatoms. The summed E-state index contributed by atoms with van der Waals surface area (Å²) in [5, 5.41) is 15.7. The van der Waals surface area contributed by atoms with Crippen LogP contribution in [-0.4, -0.2) is 51.0 Å². The highest BCUT2D eigenvalue weighted by atomic mass is 32.2. The molecule has 0 saturated heterocycles. The van der Waals surface area contributed by atoms with Crippen molar-refractivity contribution in [1.29, 1.82) is 0 Å². The molecular weight excluding hydrogens is 1010 g/mol. The fourth-order valence-electron chi connectivity index (χ4n) is 8.80. The Morgan fingerprint density at radius 3 is 1.42 bits per heavy atom. The molecule has 0 fully saturated rings. The third kappa shape index (κ3) is 10.6. The molecule has 0 atom stereocenters. The Bertz CT molecular complexity index is 3970. The van der Waals surface area contributed by atoms with Gasteiger partial charge in [0, 0.05) is 68.3 Å². The smallest absolute Gasteiger partial charge is 0.323 e. The Morgan fingerprint density at radius 1 is 0.473 bits per heavy atom. The van der Waals surface area contributed by atoms with Gasteiger partial charge in [-0.05, 0) is 179 Å². The molecule has 6 aromatic carbocycles. The lowest BCUT2D eigenvalue weighted by atomic mass is 9.93. The van der Waals surface area contributed by atoms with Crippen molar-refractivity contribution in [3.05, 3.63) is 159 Å². The van der Waals surface area contributed by atoms with E-state index in [-0.39, 0.29) is 20.2 Å². The summed E-state index contributed by atoms with van der Waals surface area (Å²) in [6.07, 6.45) is 0. The summed E-state index contributed by atoms with van der Waals surface area (Å²) in [5.74, 6) is 0.349. The molecule has 8 rings (SSSR count). The van der Waals surface area contributed by atoms with Gasteiger partial charge >= 0.3 is 12.1 Å². The first-order valence-electron chi connectivity index (χ1n) is 22.6. The first kappa shape index (κ1) is 52.4. The number of anilines is 6. The lowest BCUT2D eigenvalue weighted by molar-refractivity contribution is 0.261. The predicted molar refractivity (Wildman–Crippen MR) is 285 cm³/mol. The highest BCUT2D eigenvalue weighted by molar-refractivity contribution is 7.86. The molecule has 382 valence electrons. The van der Waals surface area contributed by atoms with Crippen LogP contribution in [0.4, 0.5) is 49.4 Å². The van der Waals surface area contributed by atoms with Crippen LogP contribution in [0.3, 0.4) is 0 Å². The van der Waals surface area contributed by atoms with Crippen molar-refractivity contribution in [2.75, 3.05) is 26.6 Å². The molecule has 0 unspecified atom stereocenters. The number of rotatable bonds is 11. The maximum absolute atomic E-state index is 13.2. The van der Waals surface area contributed by atoms with E-state index in [1.165, 1.54) is 60.7 Å². The van der Waals surface area contributed by atoms with Crippen molar-refractivity contribution in [3.8, 4) is 22.5 Å². The number of amides is 4. The first-order valence-corrected chi connectivity index (χ1v) is 26.9. The molecule has 18 nitrogen and oxygen atoms in total. The summed E-state index contributed by atoms with van der Waals surface area (Å²) in [6, 6.07) is 25.8. The van der Waals surface area contributed by atoms with Crippen LogP contribution in [0, 0.1) is 55.4 Å². The highest BCUT2D eigenvalue weighted by Crippen LogP contribution is 2.44. The number of fused-ring (bicyclic) bond motifs is 2. The SMILES string of the molecule is Cc1c(C)c(NC(=O)Nc2ccc(S(=O)(=O)O)cc2)c(C)c(C)c1N=c1ccc2c(-c3ccccc3S(=O)(=O)O)c3ccc(Nc4c(C)c(C)c(NC(=O)Nc5ccc(S(=O)(=O)O)cc5)c(C)c4C)cc3oc-2c1. The van der Waals surface area contributed by atoms with Gasteiger partial charge < -0.3 is 31.0 Å². The first-order chi connectivity index (χ1) is 34.7. The molecule has 1 aliphatic heterocycles. The number of carbonyl (C=O) groups is 2. The predicted octanol–water partition coefficient (Wildman–Crippen LogP) is 11.7. The minimum atomic E-state index is -4.70. The van der Waals surface area contributed by atoms with E-state index in [1.807, 2.05) is 61.5 Å². The monoisotopic (exact) mass is 1060 g/mol. The Morgan fingerprint density at radius 2 is 0.932 bits per heavy atom. The zero-order valence-electron chi connectivity index (χ0n) is 41.1. The van der Waals surface area contributed by atoms with Gasteiger partial charge in [0.2, 0.25) is 0 Å². The van der Waals surface area contributed by atoms with Crippen molar-refractivity contribution in [2.24, 2.45) is 4.99 Å². The van der Waals surface area contributed by atoms with Gasteiger partial charge in [0.1, 0.15) is 16.2 Å². The third-order valence-electron chi connectivity index (χ3n) is 13.2. The molecule has 6 aromatic rings. The maximum atomic E-state index is 13.2. The molecule has 1 heterocycles. The molecule has 0 spiro atoms. The molecule has 8 N–H and O–H groups in total. The fraction of sp³-hybridized carbons (Fsp3) is 0.151. The molecule has 0 bridgehead atoms. The Kier molecular flexibility index (Phi) is 14.0. The van der Waals surface area contributed by atoms with Crippen LogP contribution in [-0.2, 0) is 30.4 Å². The summed E-state index contributed by atoms with van der Waals surface area (Å²) in [7, 11) is -13.5. The van der Waals surface area contributed by atoms with E-state index in [0.717, 1.165) is 50.2 Å². The van der Waals surface area contributed by atoms with Crippen LogP contribution in [0.15, 0.2) is 133 Å². The second-order valence-corrected chi connectivity index (χ2v) is 21.9. The van der Waals surface area contributed by atoms with Crippen LogP contribution in [0.2, 0.25) is 0 Å². The second-order valence-electron chi connectivity index (χ2n) is 17.7. The van der Waals surface area contributed by atoms with E-state index in [4.69, 9.17) is 9.41 Å². The molecule has 2 aliphatic rings. The summed E-state index contributed by atoms with van der Waals surface area (Å²) in [4.78, 5) is 30.5. The molecule has 0 saturated carbocycles. The Hall–Kier alpha value is -7.92. The van der Waals surface area contributed by atoms with Crippen LogP contribution in [0.1, 0.15) is 44.5 Å². The average Bonchev–Trinajstić information content (AvgIpc) is 3.34. The van der Waals surface area contributed by atoms with Crippen molar-refractivity contribution in [1.82, 2.24) is 0 Å². The minimum absolute atomic E-state index is 0.242. The third-order valence-corrected chi connectivity index (χ3v) is 15.8. The van der Waals surface area contributed by atoms with Crippen molar-refractivity contribution in [2.45, 2.75) is 70.1 Å². The van der Waals surface area contributed by atoms with Gasteiger partial charge in [-0.1, -0.05) is 18.2 Å². The number of benzene rings is 7. The van der Waals surface area contributed by atoms with E-state index < -0.39 is 42.4 Å². The lowest BCUT2D eigenvalue weighted by Crippen LogP contribution is -2.21. The maximum Gasteiger partial charge on any atom is 0.323 e. The highest BCUT2D eigenvalue weighted by Gasteiger charge is 2.25. The number of hydrogen-bond donors (Lipinski definition) is 8. The number of nitrogens with one attached hydrogen (secondary N) is 5. The van der Waals surface area contributed by atoms with Crippen LogP contribution < -0.4 is 31.9 Å². The summed E-state index contributed by atoms with van der Waals surface area (Å²) < 4.78 is 107.